The summed E-state index contributed by atoms with van der Waals surface area (Å²) in [6, 6.07) is 8.46. The van der Waals surface area contributed by atoms with Gasteiger partial charge in [-0.1, -0.05) is 26.0 Å². The number of aliphatic imine (C=N–C) groups is 1. The van der Waals surface area contributed by atoms with Crippen LogP contribution in [0.25, 0.3) is 0 Å². The fraction of sp³-hybridized carbons (Fsp3) is 0.571. The van der Waals surface area contributed by atoms with Crippen molar-refractivity contribution in [2.45, 2.75) is 51.3 Å². The monoisotopic (exact) mass is 528 g/mol. The minimum absolute atomic E-state index is 0. The number of rotatable bonds is 7. The third kappa shape index (κ3) is 6.07. The molecule has 166 valence electrons. The second-order valence-corrected chi connectivity index (χ2v) is 7.98. The first kappa shape index (κ1) is 24.4. The molecule has 1 unspecified atom stereocenters. The summed E-state index contributed by atoms with van der Waals surface area (Å²) in [6.07, 6.45) is 1.88. The summed E-state index contributed by atoms with van der Waals surface area (Å²) >= 11 is 0. The highest BCUT2D eigenvalue weighted by atomic mass is 127. The number of guanidine groups is 1. The highest BCUT2D eigenvalue weighted by Gasteiger charge is 2.24. The number of aryl methyl sites for hydroxylation is 1. The van der Waals surface area contributed by atoms with Gasteiger partial charge in [0.25, 0.3) is 0 Å². The number of methoxy groups -OCH3 is 2. The Kier molecular flexibility index (Phi) is 8.90. The van der Waals surface area contributed by atoms with Gasteiger partial charge in [-0.2, -0.15) is 5.10 Å². The highest BCUT2D eigenvalue weighted by molar-refractivity contribution is 14.0. The van der Waals surface area contributed by atoms with Crippen LogP contribution in [0, 0.1) is 0 Å². The SMILES string of the molecule is CN=C(NCC(C)(C)c1cccc(OC)c1)NC1CCc2nc(COC)nn2C1.I. The van der Waals surface area contributed by atoms with E-state index in [1.807, 2.05) is 16.8 Å². The molecule has 0 spiro atoms. The molecule has 1 aromatic carbocycles. The highest BCUT2D eigenvalue weighted by Crippen LogP contribution is 2.25. The van der Waals surface area contributed by atoms with E-state index >= 15 is 0 Å². The molecule has 2 heterocycles. The van der Waals surface area contributed by atoms with Crippen LogP contribution < -0.4 is 15.4 Å². The average molecular weight is 528 g/mol. The Morgan fingerprint density at radius 1 is 1.33 bits per heavy atom. The molecule has 1 aliphatic heterocycles. The second kappa shape index (κ2) is 10.9. The average Bonchev–Trinajstić information content (AvgIpc) is 3.13. The van der Waals surface area contributed by atoms with Crippen molar-refractivity contribution in [3.05, 3.63) is 41.5 Å². The predicted molar refractivity (Wildman–Crippen MR) is 129 cm³/mol. The molecule has 8 nitrogen and oxygen atoms in total. The molecule has 9 heteroatoms. The number of nitrogens with one attached hydrogen (secondary N) is 2. The molecule has 30 heavy (non-hydrogen) atoms. The first-order valence-electron chi connectivity index (χ1n) is 9.98. The number of hydrogen-bond donors (Lipinski definition) is 2. The van der Waals surface area contributed by atoms with Gasteiger partial charge in [0.1, 0.15) is 18.2 Å². The van der Waals surface area contributed by atoms with E-state index in [0.717, 1.165) is 49.3 Å². The number of nitrogens with zero attached hydrogens (tertiary/aromatic N) is 4. The van der Waals surface area contributed by atoms with Gasteiger partial charge in [0.15, 0.2) is 11.8 Å². The van der Waals surface area contributed by atoms with Crippen molar-refractivity contribution in [2.24, 2.45) is 4.99 Å². The Balaban J connectivity index is 0.00000320. The van der Waals surface area contributed by atoms with Gasteiger partial charge in [0, 0.05) is 38.6 Å². The van der Waals surface area contributed by atoms with Crippen molar-refractivity contribution < 1.29 is 9.47 Å². The first-order chi connectivity index (χ1) is 13.9. The van der Waals surface area contributed by atoms with Crippen molar-refractivity contribution >= 4 is 29.9 Å². The molecule has 1 atom stereocenters. The van der Waals surface area contributed by atoms with E-state index in [1.165, 1.54) is 5.56 Å². The van der Waals surface area contributed by atoms with E-state index in [0.29, 0.717) is 6.61 Å². The normalized spacial score (nSPS) is 16.4. The molecule has 0 bridgehead atoms. The summed E-state index contributed by atoms with van der Waals surface area (Å²) in [5, 5.41) is 11.5. The van der Waals surface area contributed by atoms with Crippen LogP contribution in [0.5, 0.6) is 5.75 Å². The van der Waals surface area contributed by atoms with Gasteiger partial charge in [-0.15, -0.1) is 24.0 Å². The quantitative estimate of drug-likeness (QED) is 0.327. The standard InChI is InChI=1S/C21H32N6O2.HI/c1-21(2,15-7-6-8-17(11-15)29-5)14-23-20(22-3)24-16-9-10-19-25-18(13-28-4)26-27(19)12-16;/h6-8,11,16H,9-10,12-14H2,1-5H3,(H2,22,23,24);1H. The van der Waals surface area contributed by atoms with Gasteiger partial charge < -0.3 is 20.1 Å². The zero-order valence-corrected chi connectivity index (χ0v) is 20.8. The van der Waals surface area contributed by atoms with Crippen LogP contribution in [0.1, 0.15) is 37.5 Å². The summed E-state index contributed by atoms with van der Waals surface area (Å²) in [6.45, 7) is 6.38. The maximum absolute atomic E-state index is 5.37. The largest absolute Gasteiger partial charge is 0.497 e. The summed E-state index contributed by atoms with van der Waals surface area (Å²) in [7, 11) is 5.15. The van der Waals surface area contributed by atoms with Gasteiger partial charge >= 0.3 is 0 Å². The summed E-state index contributed by atoms with van der Waals surface area (Å²) in [5.41, 5.74) is 1.14. The maximum atomic E-state index is 5.37. The van der Waals surface area contributed by atoms with Crippen LogP contribution in [-0.4, -0.2) is 54.6 Å². The summed E-state index contributed by atoms with van der Waals surface area (Å²) in [5.74, 6) is 3.44. The Morgan fingerprint density at radius 3 is 2.83 bits per heavy atom. The third-order valence-corrected chi connectivity index (χ3v) is 5.29. The maximum Gasteiger partial charge on any atom is 0.191 e. The summed E-state index contributed by atoms with van der Waals surface area (Å²) in [4.78, 5) is 8.94. The Labute approximate surface area is 195 Å². The predicted octanol–water partition coefficient (Wildman–Crippen LogP) is 2.51. The molecule has 3 rings (SSSR count). The van der Waals surface area contributed by atoms with E-state index < -0.39 is 0 Å². The lowest BCUT2D eigenvalue weighted by Gasteiger charge is -2.29. The molecule has 0 amide bonds. The van der Waals surface area contributed by atoms with Crippen molar-refractivity contribution in [1.29, 1.82) is 0 Å². The number of ether oxygens (including phenoxy) is 2. The van der Waals surface area contributed by atoms with Crippen molar-refractivity contribution in [2.75, 3.05) is 27.8 Å². The van der Waals surface area contributed by atoms with Crippen molar-refractivity contribution in [3.63, 3.8) is 0 Å². The first-order valence-corrected chi connectivity index (χ1v) is 9.98. The lowest BCUT2D eigenvalue weighted by molar-refractivity contribution is 0.177. The minimum Gasteiger partial charge on any atom is -0.497 e. The Bertz CT molecular complexity index is 852. The van der Waals surface area contributed by atoms with E-state index in [-0.39, 0.29) is 35.4 Å². The van der Waals surface area contributed by atoms with Gasteiger partial charge in [-0.05, 0) is 24.1 Å². The molecule has 0 saturated heterocycles. The van der Waals surface area contributed by atoms with Crippen LogP contribution in [0.2, 0.25) is 0 Å². The summed E-state index contributed by atoms with van der Waals surface area (Å²) < 4.78 is 12.5. The molecular formula is C21H33IN6O2. The van der Waals surface area contributed by atoms with Crippen molar-refractivity contribution in [3.8, 4) is 5.75 Å². The number of aromatic nitrogens is 3. The fourth-order valence-corrected chi connectivity index (χ4v) is 3.51. The molecule has 0 radical (unpaired) electrons. The van der Waals surface area contributed by atoms with E-state index in [2.05, 4.69) is 51.7 Å². The molecule has 0 saturated carbocycles. The minimum atomic E-state index is -0.0765. The van der Waals surface area contributed by atoms with Crippen LogP contribution in [0.4, 0.5) is 0 Å². The Morgan fingerprint density at radius 2 is 2.13 bits per heavy atom. The lowest BCUT2D eigenvalue weighted by Crippen LogP contribution is -2.49. The zero-order chi connectivity index (χ0) is 20.9. The topological polar surface area (TPSA) is 85.6 Å². The molecule has 2 aromatic rings. The Hall–Kier alpha value is -1.88. The van der Waals surface area contributed by atoms with Gasteiger partial charge in [0.05, 0.1) is 13.7 Å². The van der Waals surface area contributed by atoms with E-state index in [4.69, 9.17) is 9.47 Å². The molecule has 1 aliphatic rings. The second-order valence-electron chi connectivity index (χ2n) is 7.98. The molecule has 2 N–H and O–H groups in total. The molecule has 1 aromatic heterocycles. The van der Waals surface area contributed by atoms with Crippen LogP contribution in [0.3, 0.4) is 0 Å². The van der Waals surface area contributed by atoms with Crippen LogP contribution in [0.15, 0.2) is 29.3 Å². The molecular weight excluding hydrogens is 495 g/mol. The zero-order valence-electron chi connectivity index (χ0n) is 18.4. The number of halogens is 1. The molecule has 0 fully saturated rings. The third-order valence-electron chi connectivity index (χ3n) is 5.29. The van der Waals surface area contributed by atoms with Crippen LogP contribution in [-0.2, 0) is 29.7 Å². The number of hydrogen-bond acceptors (Lipinski definition) is 5. The van der Waals surface area contributed by atoms with E-state index in [1.54, 1.807) is 21.3 Å². The van der Waals surface area contributed by atoms with Crippen molar-refractivity contribution in [1.82, 2.24) is 25.4 Å². The smallest absolute Gasteiger partial charge is 0.191 e. The molecule has 0 aliphatic carbocycles. The van der Waals surface area contributed by atoms with Gasteiger partial charge in [-0.3, -0.25) is 4.99 Å². The number of benzene rings is 1. The lowest BCUT2D eigenvalue weighted by atomic mass is 9.84. The van der Waals surface area contributed by atoms with E-state index in [9.17, 15) is 0 Å². The fourth-order valence-electron chi connectivity index (χ4n) is 3.51. The number of fused-ring (bicyclic) bond motifs is 1. The van der Waals surface area contributed by atoms with Gasteiger partial charge in [-0.25, -0.2) is 9.67 Å². The van der Waals surface area contributed by atoms with Crippen LogP contribution >= 0.6 is 24.0 Å². The van der Waals surface area contributed by atoms with Gasteiger partial charge in [0.2, 0.25) is 0 Å².